The molecular formula is C17H16ClN5O2. The number of carbonyl (C=O) groups excluding carboxylic acids is 1. The summed E-state index contributed by atoms with van der Waals surface area (Å²) in [6, 6.07) is 12.8. The number of ether oxygens (including phenoxy) is 1. The fourth-order valence-electron chi connectivity index (χ4n) is 2.35. The van der Waals surface area contributed by atoms with Gasteiger partial charge in [-0.3, -0.25) is 4.79 Å². The van der Waals surface area contributed by atoms with Gasteiger partial charge in [0, 0.05) is 23.2 Å². The van der Waals surface area contributed by atoms with E-state index >= 15 is 0 Å². The Balaban J connectivity index is 1.64. The third-order valence-corrected chi connectivity index (χ3v) is 3.87. The van der Waals surface area contributed by atoms with Crippen molar-refractivity contribution in [2.45, 2.75) is 12.8 Å². The van der Waals surface area contributed by atoms with Crippen molar-refractivity contribution in [3.05, 3.63) is 59.4 Å². The lowest BCUT2D eigenvalue weighted by Gasteiger charge is -2.11. The topological polar surface area (TPSA) is 81.9 Å². The van der Waals surface area contributed by atoms with Gasteiger partial charge in [-0.25, -0.2) is 0 Å². The first-order chi connectivity index (χ1) is 12.2. The summed E-state index contributed by atoms with van der Waals surface area (Å²) in [5.74, 6) is 0.481. The minimum Gasteiger partial charge on any atom is -0.494 e. The summed E-state index contributed by atoms with van der Waals surface area (Å²) in [4.78, 5) is 12.2. The van der Waals surface area contributed by atoms with Gasteiger partial charge < -0.3 is 10.1 Å². The highest BCUT2D eigenvalue weighted by Crippen LogP contribution is 2.26. The van der Waals surface area contributed by atoms with Gasteiger partial charge in [-0.1, -0.05) is 23.7 Å². The number of hydrogen-bond acceptors (Lipinski definition) is 5. The van der Waals surface area contributed by atoms with Crippen LogP contribution in [0.5, 0.6) is 5.75 Å². The largest absolute Gasteiger partial charge is 0.494 e. The van der Waals surface area contributed by atoms with Crippen molar-refractivity contribution in [2.75, 3.05) is 12.4 Å². The Morgan fingerprint density at radius 2 is 2.04 bits per heavy atom. The third-order valence-electron chi connectivity index (χ3n) is 3.61. The average Bonchev–Trinajstić information content (AvgIpc) is 3.15. The molecule has 0 aliphatic rings. The van der Waals surface area contributed by atoms with Gasteiger partial charge in [0.2, 0.25) is 5.91 Å². The molecule has 0 aliphatic carbocycles. The molecule has 128 valence electrons. The van der Waals surface area contributed by atoms with Crippen LogP contribution >= 0.6 is 11.6 Å². The summed E-state index contributed by atoms with van der Waals surface area (Å²) in [7, 11) is 1.55. The highest BCUT2D eigenvalue weighted by molar-refractivity contribution is 6.30. The molecule has 0 bridgehead atoms. The van der Waals surface area contributed by atoms with E-state index in [0.29, 0.717) is 35.0 Å². The number of halogens is 1. The zero-order chi connectivity index (χ0) is 17.6. The van der Waals surface area contributed by atoms with Crippen molar-refractivity contribution in [1.29, 1.82) is 0 Å². The molecule has 3 aromatic rings. The first kappa shape index (κ1) is 16.9. The van der Waals surface area contributed by atoms with Gasteiger partial charge in [0.1, 0.15) is 17.8 Å². The van der Waals surface area contributed by atoms with E-state index in [9.17, 15) is 4.79 Å². The molecule has 0 radical (unpaired) electrons. The Morgan fingerprint density at radius 1 is 1.24 bits per heavy atom. The predicted octanol–water partition coefficient (Wildman–Crippen LogP) is 2.90. The number of rotatable bonds is 6. The Kier molecular flexibility index (Phi) is 5.25. The summed E-state index contributed by atoms with van der Waals surface area (Å²) >= 11 is 5.85. The highest BCUT2D eigenvalue weighted by atomic mass is 35.5. The number of benzene rings is 2. The molecule has 8 heteroatoms. The molecule has 0 saturated heterocycles. The summed E-state index contributed by atoms with van der Waals surface area (Å²) in [5.41, 5.74) is 2.40. The maximum Gasteiger partial charge on any atom is 0.224 e. The fraction of sp³-hybridized carbons (Fsp3) is 0.176. The van der Waals surface area contributed by atoms with E-state index in [2.05, 4.69) is 20.8 Å². The molecule has 0 fully saturated rings. The minimum absolute atomic E-state index is 0.0767. The predicted molar refractivity (Wildman–Crippen MR) is 94.1 cm³/mol. The molecule has 0 atom stereocenters. The molecule has 3 rings (SSSR count). The lowest BCUT2D eigenvalue weighted by atomic mass is 10.1. The summed E-state index contributed by atoms with van der Waals surface area (Å²) in [6.45, 7) is 0. The first-order valence-corrected chi connectivity index (χ1v) is 7.99. The monoisotopic (exact) mass is 357 g/mol. The van der Waals surface area contributed by atoms with Crippen molar-refractivity contribution >= 4 is 23.2 Å². The second-order valence-corrected chi connectivity index (χ2v) is 5.75. The van der Waals surface area contributed by atoms with E-state index in [0.717, 1.165) is 5.56 Å². The number of hydrogen-bond donors (Lipinski definition) is 1. The summed E-state index contributed by atoms with van der Waals surface area (Å²) in [6.07, 6.45) is 2.49. The van der Waals surface area contributed by atoms with Gasteiger partial charge in [-0.2, -0.15) is 4.68 Å². The van der Waals surface area contributed by atoms with Crippen LogP contribution in [-0.2, 0) is 11.2 Å². The van der Waals surface area contributed by atoms with Crippen LogP contribution < -0.4 is 10.1 Å². The van der Waals surface area contributed by atoms with E-state index in [1.54, 1.807) is 25.3 Å². The van der Waals surface area contributed by atoms with Gasteiger partial charge in [0.15, 0.2) is 0 Å². The minimum atomic E-state index is -0.0767. The number of aryl methyl sites for hydroxylation is 1. The number of aromatic nitrogens is 4. The molecule has 2 aromatic carbocycles. The molecular weight excluding hydrogens is 342 g/mol. The standard InChI is InChI=1S/C17H16ClN5O2/c1-25-16-10-14(7-8-15(16)23-11-19-21-22-23)20-17(24)9-4-12-2-5-13(18)6-3-12/h2-3,5-8,10-11H,4,9H2,1H3,(H,20,24). The van der Waals surface area contributed by atoms with E-state index in [-0.39, 0.29) is 5.91 Å². The molecule has 25 heavy (non-hydrogen) atoms. The van der Waals surface area contributed by atoms with E-state index in [1.165, 1.54) is 11.0 Å². The number of amides is 1. The third kappa shape index (κ3) is 4.33. The number of nitrogens with one attached hydrogen (secondary N) is 1. The molecule has 1 aromatic heterocycles. The molecule has 1 N–H and O–H groups in total. The molecule has 1 heterocycles. The number of tetrazole rings is 1. The summed E-state index contributed by atoms with van der Waals surface area (Å²) < 4.78 is 6.84. The second-order valence-electron chi connectivity index (χ2n) is 5.32. The highest BCUT2D eigenvalue weighted by Gasteiger charge is 2.10. The molecule has 0 aliphatic heterocycles. The SMILES string of the molecule is COc1cc(NC(=O)CCc2ccc(Cl)cc2)ccc1-n1cnnn1. The van der Waals surface area contributed by atoms with E-state index in [1.807, 2.05) is 24.3 Å². The van der Waals surface area contributed by atoms with Crippen LogP contribution in [0.3, 0.4) is 0 Å². The maximum absolute atomic E-state index is 12.2. The van der Waals surface area contributed by atoms with Crippen LogP contribution in [0.1, 0.15) is 12.0 Å². The first-order valence-electron chi connectivity index (χ1n) is 7.61. The Hall–Kier alpha value is -2.93. The van der Waals surface area contributed by atoms with Crippen LogP contribution in [0.25, 0.3) is 5.69 Å². The molecule has 1 amide bonds. The van der Waals surface area contributed by atoms with Gasteiger partial charge in [-0.05, 0) is 46.7 Å². The number of carbonyl (C=O) groups is 1. The smallest absolute Gasteiger partial charge is 0.224 e. The van der Waals surface area contributed by atoms with Crippen molar-refractivity contribution in [1.82, 2.24) is 20.2 Å². The average molecular weight is 358 g/mol. The van der Waals surface area contributed by atoms with Crippen LogP contribution in [0.4, 0.5) is 5.69 Å². The maximum atomic E-state index is 12.2. The number of nitrogens with zero attached hydrogens (tertiary/aromatic N) is 4. The molecule has 0 unspecified atom stereocenters. The van der Waals surface area contributed by atoms with Gasteiger partial charge in [-0.15, -0.1) is 5.10 Å². The van der Waals surface area contributed by atoms with Gasteiger partial charge in [0.25, 0.3) is 0 Å². The van der Waals surface area contributed by atoms with E-state index in [4.69, 9.17) is 16.3 Å². The van der Waals surface area contributed by atoms with Crippen LogP contribution in [0.2, 0.25) is 5.02 Å². The summed E-state index contributed by atoms with van der Waals surface area (Å²) in [5, 5.41) is 14.6. The zero-order valence-electron chi connectivity index (χ0n) is 13.5. The zero-order valence-corrected chi connectivity index (χ0v) is 14.3. The molecule has 7 nitrogen and oxygen atoms in total. The number of methoxy groups -OCH3 is 1. The van der Waals surface area contributed by atoms with Crippen molar-refractivity contribution in [2.24, 2.45) is 0 Å². The van der Waals surface area contributed by atoms with Crippen LogP contribution in [-0.4, -0.2) is 33.2 Å². The normalized spacial score (nSPS) is 10.5. The van der Waals surface area contributed by atoms with Crippen molar-refractivity contribution < 1.29 is 9.53 Å². The lowest BCUT2D eigenvalue weighted by Crippen LogP contribution is -2.12. The Labute approximate surface area is 149 Å². The Bertz CT molecular complexity index is 850. The molecule has 0 spiro atoms. The quantitative estimate of drug-likeness (QED) is 0.733. The van der Waals surface area contributed by atoms with E-state index < -0.39 is 0 Å². The Morgan fingerprint density at radius 3 is 2.72 bits per heavy atom. The second kappa shape index (κ2) is 7.76. The van der Waals surface area contributed by atoms with Crippen molar-refractivity contribution in [3.63, 3.8) is 0 Å². The molecule has 0 saturated carbocycles. The van der Waals surface area contributed by atoms with Crippen LogP contribution in [0, 0.1) is 0 Å². The lowest BCUT2D eigenvalue weighted by molar-refractivity contribution is -0.116. The van der Waals surface area contributed by atoms with Crippen LogP contribution in [0.15, 0.2) is 48.8 Å². The number of anilines is 1. The fourth-order valence-corrected chi connectivity index (χ4v) is 2.47. The van der Waals surface area contributed by atoms with Gasteiger partial charge in [0.05, 0.1) is 7.11 Å². The van der Waals surface area contributed by atoms with Crippen molar-refractivity contribution in [3.8, 4) is 11.4 Å². The van der Waals surface area contributed by atoms with Gasteiger partial charge >= 0.3 is 0 Å².